The second-order valence-electron chi connectivity index (χ2n) is 4.56. The largest absolute Gasteiger partial charge is 0.475 e. The second kappa shape index (κ2) is 6.02. The molecule has 0 saturated carbocycles. The highest BCUT2D eigenvalue weighted by molar-refractivity contribution is 5.84. The van der Waals surface area contributed by atoms with E-state index < -0.39 is 5.97 Å². The van der Waals surface area contributed by atoms with Gasteiger partial charge in [-0.15, -0.1) is 0 Å². The molecule has 0 amide bonds. The molecule has 1 aromatic rings. The van der Waals surface area contributed by atoms with Crippen molar-refractivity contribution >= 4 is 5.97 Å². The van der Waals surface area contributed by atoms with Crippen LogP contribution in [0.1, 0.15) is 36.1 Å². The SMILES string of the molecule is CCC1CN(Cc2ccc(C(=O)O)o2)CCCO1. The number of carboxylic acid groups (broad SMARTS) is 1. The number of furan rings is 1. The van der Waals surface area contributed by atoms with E-state index in [4.69, 9.17) is 14.3 Å². The standard InChI is InChI=1S/C13H19NO4/c1-2-10-8-14(6-3-7-17-10)9-11-4-5-12(18-11)13(15)16/h4-5,10H,2-3,6-9H2,1H3,(H,15,16). The van der Waals surface area contributed by atoms with E-state index >= 15 is 0 Å². The number of aromatic carboxylic acids is 1. The fraction of sp³-hybridized carbons (Fsp3) is 0.615. The van der Waals surface area contributed by atoms with E-state index in [0.717, 1.165) is 32.5 Å². The van der Waals surface area contributed by atoms with Gasteiger partial charge in [0.2, 0.25) is 5.76 Å². The van der Waals surface area contributed by atoms with Gasteiger partial charge in [0.05, 0.1) is 12.6 Å². The van der Waals surface area contributed by atoms with Gasteiger partial charge in [0.1, 0.15) is 5.76 Å². The summed E-state index contributed by atoms with van der Waals surface area (Å²) in [6.45, 7) is 5.39. The third-order valence-electron chi connectivity index (χ3n) is 3.14. The van der Waals surface area contributed by atoms with Crippen molar-refractivity contribution in [3.8, 4) is 0 Å². The van der Waals surface area contributed by atoms with Crippen LogP contribution in [0.5, 0.6) is 0 Å². The van der Waals surface area contributed by atoms with Gasteiger partial charge < -0.3 is 14.3 Å². The van der Waals surface area contributed by atoms with Crippen LogP contribution in [-0.4, -0.2) is 41.8 Å². The quantitative estimate of drug-likeness (QED) is 0.889. The molecule has 1 aromatic heterocycles. The number of carboxylic acids is 1. The van der Waals surface area contributed by atoms with Gasteiger partial charge in [-0.3, -0.25) is 4.90 Å². The van der Waals surface area contributed by atoms with Crippen LogP contribution < -0.4 is 0 Å². The molecular weight excluding hydrogens is 234 g/mol. The minimum Gasteiger partial charge on any atom is -0.475 e. The van der Waals surface area contributed by atoms with E-state index in [9.17, 15) is 4.79 Å². The molecule has 2 heterocycles. The topological polar surface area (TPSA) is 62.9 Å². The molecule has 0 spiro atoms. The summed E-state index contributed by atoms with van der Waals surface area (Å²) < 4.78 is 11.0. The summed E-state index contributed by atoms with van der Waals surface area (Å²) in [4.78, 5) is 13.0. The molecule has 1 saturated heterocycles. The number of nitrogens with zero attached hydrogens (tertiary/aromatic N) is 1. The number of rotatable bonds is 4. The predicted octanol–water partition coefficient (Wildman–Crippen LogP) is 1.98. The average molecular weight is 253 g/mol. The number of hydrogen-bond donors (Lipinski definition) is 1. The Hall–Kier alpha value is -1.33. The molecular formula is C13H19NO4. The Kier molecular flexibility index (Phi) is 4.38. The molecule has 1 fully saturated rings. The van der Waals surface area contributed by atoms with Gasteiger partial charge in [-0.1, -0.05) is 6.92 Å². The zero-order chi connectivity index (χ0) is 13.0. The van der Waals surface area contributed by atoms with Crippen molar-refractivity contribution in [1.29, 1.82) is 0 Å². The first-order valence-corrected chi connectivity index (χ1v) is 6.35. The third-order valence-corrected chi connectivity index (χ3v) is 3.14. The average Bonchev–Trinajstić information content (AvgIpc) is 2.69. The maximum Gasteiger partial charge on any atom is 0.371 e. The van der Waals surface area contributed by atoms with Gasteiger partial charge in [-0.05, 0) is 25.0 Å². The molecule has 0 aliphatic carbocycles. The van der Waals surface area contributed by atoms with Crippen LogP contribution in [0.15, 0.2) is 16.5 Å². The number of ether oxygens (including phenoxy) is 1. The zero-order valence-electron chi connectivity index (χ0n) is 10.6. The summed E-state index contributed by atoms with van der Waals surface area (Å²) in [6.07, 6.45) is 2.26. The highest BCUT2D eigenvalue weighted by Crippen LogP contribution is 2.14. The highest BCUT2D eigenvalue weighted by atomic mass is 16.5. The zero-order valence-corrected chi connectivity index (χ0v) is 10.6. The fourth-order valence-corrected chi connectivity index (χ4v) is 2.16. The monoisotopic (exact) mass is 253 g/mol. The summed E-state index contributed by atoms with van der Waals surface area (Å²) >= 11 is 0. The van der Waals surface area contributed by atoms with E-state index in [1.807, 2.05) is 0 Å². The van der Waals surface area contributed by atoms with E-state index in [1.165, 1.54) is 6.07 Å². The number of hydrogen-bond acceptors (Lipinski definition) is 4. The molecule has 5 nitrogen and oxygen atoms in total. The Labute approximate surface area is 106 Å². The summed E-state index contributed by atoms with van der Waals surface area (Å²) in [5, 5.41) is 8.80. The number of carbonyl (C=O) groups is 1. The first-order chi connectivity index (χ1) is 8.69. The van der Waals surface area contributed by atoms with Crippen LogP contribution >= 0.6 is 0 Å². The van der Waals surface area contributed by atoms with Crippen molar-refractivity contribution < 1.29 is 19.1 Å². The molecule has 0 bridgehead atoms. The van der Waals surface area contributed by atoms with E-state index in [-0.39, 0.29) is 11.9 Å². The van der Waals surface area contributed by atoms with Crippen molar-refractivity contribution in [1.82, 2.24) is 4.90 Å². The Bertz CT molecular complexity index is 401. The molecule has 1 aliphatic rings. The lowest BCUT2D eigenvalue weighted by atomic mass is 10.2. The fourth-order valence-electron chi connectivity index (χ4n) is 2.16. The Morgan fingerprint density at radius 2 is 2.39 bits per heavy atom. The van der Waals surface area contributed by atoms with Crippen molar-refractivity contribution in [3.63, 3.8) is 0 Å². The van der Waals surface area contributed by atoms with Gasteiger partial charge in [-0.25, -0.2) is 4.79 Å². The third kappa shape index (κ3) is 3.34. The second-order valence-corrected chi connectivity index (χ2v) is 4.56. The minimum absolute atomic E-state index is 0.00288. The van der Waals surface area contributed by atoms with Gasteiger partial charge >= 0.3 is 5.97 Å². The molecule has 100 valence electrons. The molecule has 0 radical (unpaired) electrons. The molecule has 2 rings (SSSR count). The summed E-state index contributed by atoms with van der Waals surface area (Å²) in [6, 6.07) is 3.24. The van der Waals surface area contributed by atoms with Gasteiger partial charge in [0.15, 0.2) is 0 Å². The predicted molar refractivity (Wildman–Crippen MR) is 65.6 cm³/mol. The molecule has 0 aromatic carbocycles. The molecule has 5 heteroatoms. The molecule has 1 aliphatic heterocycles. The molecule has 1 atom stereocenters. The van der Waals surface area contributed by atoms with Crippen molar-refractivity contribution in [2.24, 2.45) is 0 Å². The van der Waals surface area contributed by atoms with Crippen LogP contribution in [0.2, 0.25) is 0 Å². The smallest absolute Gasteiger partial charge is 0.371 e. The maximum absolute atomic E-state index is 10.7. The van der Waals surface area contributed by atoms with E-state index in [2.05, 4.69) is 11.8 Å². The van der Waals surface area contributed by atoms with Crippen LogP contribution in [-0.2, 0) is 11.3 Å². The van der Waals surface area contributed by atoms with Crippen LogP contribution in [0.4, 0.5) is 0 Å². The summed E-state index contributed by atoms with van der Waals surface area (Å²) in [5.74, 6) is -0.320. The van der Waals surface area contributed by atoms with E-state index in [0.29, 0.717) is 12.3 Å². The lowest BCUT2D eigenvalue weighted by Gasteiger charge is -2.21. The van der Waals surface area contributed by atoms with Crippen LogP contribution in [0.3, 0.4) is 0 Å². The van der Waals surface area contributed by atoms with Crippen molar-refractivity contribution in [2.75, 3.05) is 19.7 Å². The highest BCUT2D eigenvalue weighted by Gasteiger charge is 2.19. The normalized spacial score (nSPS) is 21.7. The van der Waals surface area contributed by atoms with E-state index in [1.54, 1.807) is 6.07 Å². The van der Waals surface area contributed by atoms with Crippen LogP contribution in [0.25, 0.3) is 0 Å². The van der Waals surface area contributed by atoms with Crippen molar-refractivity contribution in [2.45, 2.75) is 32.4 Å². The Morgan fingerprint density at radius 1 is 1.56 bits per heavy atom. The lowest BCUT2D eigenvalue weighted by molar-refractivity contribution is 0.0498. The van der Waals surface area contributed by atoms with Gasteiger partial charge in [0.25, 0.3) is 0 Å². The molecule has 1 N–H and O–H groups in total. The van der Waals surface area contributed by atoms with Gasteiger partial charge in [0, 0.05) is 19.7 Å². The first-order valence-electron chi connectivity index (χ1n) is 6.35. The minimum atomic E-state index is -1.02. The lowest BCUT2D eigenvalue weighted by Crippen LogP contribution is -2.30. The maximum atomic E-state index is 10.7. The van der Waals surface area contributed by atoms with Crippen molar-refractivity contribution in [3.05, 3.63) is 23.7 Å². The van der Waals surface area contributed by atoms with Gasteiger partial charge in [-0.2, -0.15) is 0 Å². The summed E-state index contributed by atoms with van der Waals surface area (Å²) in [7, 11) is 0. The molecule has 18 heavy (non-hydrogen) atoms. The summed E-state index contributed by atoms with van der Waals surface area (Å²) in [5.41, 5.74) is 0. The molecule has 1 unspecified atom stereocenters. The first kappa shape index (κ1) is 13.1. The Morgan fingerprint density at radius 3 is 3.06 bits per heavy atom. The van der Waals surface area contributed by atoms with Crippen LogP contribution in [0, 0.1) is 0 Å². The Balaban J connectivity index is 1.96.